The Balaban J connectivity index is 1.68. The van der Waals surface area contributed by atoms with Crippen molar-refractivity contribution in [2.45, 2.75) is 6.10 Å². The van der Waals surface area contributed by atoms with Gasteiger partial charge in [-0.1, -0.05) is 54.6 Å². The first-order valence-electron chi connectivity index (χ1n) is 7.56. The number of carbonyl (C=O) groups is 1. The number of methoxy groups -OCH3 is 1. The molecule has 2 aromatic rings. The third-order valence-corrected chi connectivity index (χ3v) is 3.70. The van der Waals surface area contributed by atoms with Gasteiger partial charge in [-0.05, 0) is 23.3 Å². The Hall–Kier alpha value is -2.59. The Morgan fingerprint density at radius 3 is 2.39 bits per heavy atom. The highest BCUT2D eigenvalue weighted by molar-refractivity contribution is 5.90. The van der Waals surface area contributed by atoms with Gasteiger partial charge < -0.3 is 9.47 Å². The SMILES string of the molecule is COCC1CN(c2ccc(C=Cc3ccccc3)cc2)C(=O)O1. The molecule has 1 heterocycles. The zero-order valence-corrected chi connectivity index (χ0v) is 13.0. The lowest BCUT2D eigenvalue weighted by molar-refractivity contribution is 0.0718. The minimum Gasteiger partial charge on any atom is -0.441 e. The molecule has 0 aromatic heterocycles. The fourth-order valence-electron chi connectivity index (χ4n) is 2.53. The molecule has 0 bridgehead atoms. The summed E-state index contributed by atoms with van der Waals surface area (Å²) in [6.07, 6.45) is 3.59. The number of hydrogen-bond donors (Lipinski definition) is 0. The highest BCUT2D eigenvalue weighted by Crippen LogP contribution is 2.22. The average Bonchev–Trinajstić information content (AvgIpc) is 2.95. The van der Waals surface area contributed by atoms with Gasteiger partial charge in [0, 0.05) is 12.8 Å². The van der Waals surface area contributed by atoms with E-state index in [4.69, 9.17) is 9.47 Å². The molecule has 4 nitrogen and oxygen atoms in total. The smallest absolute Gasteiger partial charge is 0.414 e. The van der Waals surface area contributed by atoms with Crippen molar-refractivity contribution < 1.29 is 14.3 Å². The van der Waals surface area contributed by atoms with Crippen LogP contribution < -0.4 is 4.90 Å². The second-order valence-electron chi connectivity index (χ2n) is 5.41. The van der Waals surface area contributed by atoms with E-state index in [1.54, 1.807) is 12.0 Å². The third kappa shape index (κ3) is 3.79. The van der Waals surface area contributed by atoms with Gasteiger partial charge in [0.1, 0.15) is 6.10 Å². The van der Waals surface area contributed by atoms with Crippen molar-refractivity contribution in [3.05, 3.63) is 65.7 Å². The summed E-state index contributed by atoms with van der Waals surface area (Å²) in [5.74, 6) is 0. The molecule has 0 radical (unpaired) electrons. The van der Waals surface area contributed by atoms with Crippen molar-refractivity contribution in [2.75, 3.05) is 25.2 Å². The maximum atomic E-state index is 11.9. The van der Waals surface area contributed by atoms with E-state index in [9.17, 15) is 4.79 Å². The molecular weight excluding hydrogens is 290 g/mol. The number of benzene rings is 2. The number of cyclic esters (lactones) is 1. The lowest BCUT2D eigenvalue weighted by Crippen LogP contribution is -2.25. The summed E-state index contributed by atoms with van der Waals surface area (Å²) in [5.41, 5.74) is 3.08. The Labute approximate surface area is 135 Å². The van der Waals surface area contributed by atoms with Crippen LogP contribution in [0.4, 0.5) is 10.5 Å². The molecule has 23 heavy (non-hydrogen) atoms. The summed E-state index contributed by atoms with van der Waals surface area (Å²) >= 11 is 0. The van der Waals surface area contributed by atoms with Crippen LogP contribution >= 0.6 is 0 Å². The molecule has 1 unspecified atom stereocenters. The third-order valence-electron chi connectivity index (χ3n) is 3.70. The molecule has 2 aromatic carbocycles. The summed E-state index contributed by atoms with van der Waals surface area (Å²) in [7, 11) is 1.60. The van der Waals surface area contributed by atoms with E-state index in [0.717, 1.165) is 16.8 Å². The van der Waals surface area contributed by atoms with Gasteiger partial charge in [0.15, 0.2) is 0 Å². The Kier molecular flexibility index (Phi) is 4.74. The zero-order valence-electron chi connectivity index (χ0n) is 13.0. The maximum Gasteiger partial charge on any atom is 0.414 e. The van der Waals surface area contributed by atoms with Gasteiger partial charge >= 0.3 is 6.09 Å². The van der Waals surface area contributed by atoms with Crippen LogP contribution in [0.15, 0.2) is 54.6 Å². The maximum absolute atomic E-state index is 11.9. The van der Waals surface area contributed by atoms with Crippen LogP contribution in [0.5, 0.6) is 0 Å². The first kappa shape index (κ1) is 15.3. The van der Waals surface area contributed by atoms with Crippen molar-refractivity contribution >= 4 is 23.9 Å². The van der Waals surface area contributed by atoms with E-state index in [0.29, 0.717) is 13.2 Å². The highest BCUT2D eigenvalue weighted by atomic mass is 16.6. The molecule has 1 atom stereocenters. The van der Waals surface area contributed by atoms with E-state index in [2.05, 4.69) is 24.3 Å². The number of rotatable bonds is 5. The van der Waals surface area contributed by atoms with E-state index in [1.807, 2.05) is 42.5 Å². The molecule has 0 N–H and O–H groups in total. The van der Waals surface area contributed by atoms with Gasteiger partial charge in [-0.2, -0.15) is 0 Å². The normalized spacial score (nSPS) is 17.7. The largest absolute Gasteiger partial charge is 0.441 e. The summed E-state index contributed by atoms with van der Waals surface area (Å²) in [5, 5.41) is 0. The van der Waals surface area contributed by atoms with E-state index in [-0.39, 0.29) is 12.2 Å². The van der Waals surface area contributed by atoms with Crippen molar-refractivity contribution in [2.24, 2.45) is 0 Å². The molecule has 0 saturated carbocycles. The highest BCUT2D eigenvalue weighted by Gasteiger charge is 2.32. The molecular formula is C19H19NO3. The number of carbonyl (C=O) groups excluding carboxylic acids is 1. The van der Waals surface area contributed by atoms with Crippen LogP contribution in [-0.2, 0) is 9.47 Å². The zero-order chi connectivity index (χ0) is 16.1. The minimum atomic E-state index is -0.320. The molecule has 0 spiro atoms. The fraction of sp³-hybridized carbons (Fsp3) is 0.211. The predicted octanol–water partition coefficient (Wildman–Crippen LogP) is 3.83. The lowest BCUT2D eigenvalue weighted by atomic mass is 10.1. The second kappa shape index (κ2) is 7.11. The lowest BCUT2D eigenvalue weighted by Gasteiger charge is -2.12. The molecule has 1 saturated heterocycles. The van der Waals surface area contributed by atoms with Crippen LogP contribution in [0, 0.1) is 0 Å². The van der Waals surface area contributed by atoms with Gasteiger partial charge in [0.25, 0.3) is 0 Å². The number of hydrogen-bond acceptors (Lipinski definition) is 3. The first-order valence-corrected chi connectivity index (χ1v) is 7.56. The van der Waals surface area contributed by atoms with E-state index < -0.39 is 0 Å². The molecule has 1 amide bonds. The quantitative estimate of drug-likeness (QED) is 0.788. The van der Waals surface area contributed by atoms with E-state index >= 15 is 0 Å². The molecule has 0 aliphatic carbocycles. The number of nitrogens with zero attached hydrogens (tertiary/aromatic N) is 1. The van der Waals surface area contributed by atoms with Crippen molar-refractivity contribution in [1.29, 1.82) is 0 Å². The van der Waals surface area contributed by atoms with Crippen LogP contribution in [0.1, 0.15) is 11.1 Å². The predicted molar refractivity (Wildman–Crippen MR) is 91.3 cm³/mol. The van der Waals surface area contributed by atoms with Crippen molar-refractivity contribution in [3.63, 3.8) is 0 Å². The Morgan fingerprint density at radius 2 is 1.74 bits per heavy atom. The number of amides is 1. The second-order valence-corrected chi connectivity index (χ2v) is 5.41. The minimum absolute atomic E-state index is 0.204. The van der Waals surface area contributed by atoms with Crippen molar-refractivity contribution in [1.82, 2.24) is 0 Å². The summed E-state index contributed by atoms with van der Waals surface area (Å²) < 4.78 is 10.3. The number of anilines is 1. The monoisotopic (exact) mass is 309 g/mol. The Bertz CT molecular complexity index is 680. The van der Waals surface area contributed by atoms with Crippen molar-refractivity contribution in [3.8, 4) is 0 Å². The fourth-order valence-corrected chi connectivity index (χ4v) is 2.53. The average molecular weight is 309 g/mol. The molecule has 1 fully saturated rings. The van der Waals surface area contributed by atoms with Crippen LogP contribution in [-0.4, -0.2) is 32.5 Å². The van der Waals surface area contributed by atoms with E-state index in [1.165, 1.54) is 0 Å². The molecule has 4 heteroatoms. The van der Waals surface area contributed by atoms with Gasteiger partial charge in [-0.25, -0.2) is 4.79 Å². The van der Waals surface area contributed by atoms with Gasteiger partial charge in [-0.15, -0.1) is 0 Å². The summed E-state index contributed by atoms with van der Waals surface area (Å²) in [6.45, 7) is 0.937. The molecule has 1 aliphatic rings. The van der Waals surface area contributed by atoms with Crippen LogP contribution in [0.25, 0.3) is 12.2 Å². The number of ether oxygens (including phenoxy) is 2. The summed E-state index contributed by atoms with van der Waals surface area (Å²) in [4.78, 5) is 13.5. The molecule has 118 valence electrons. The van der Waals surface area contributed by atoms with Crippen LogP contribution in [0.3, 0.4) is 0 Å². The first-order chi connectivity index (χ1) is 11.3. The standard InChI is InChI=1S/C19H19NO3/c1-22-14-18-13-20(19(21)23-18)17-11-9-16(10-12-17)8-7-15-5-3-2-4-6-15/h2-12,18H,13-14H2,1H3. The van der Waals surface area contributed by atoms with Crippen LogP contribution in [0.2, 0.25) is 0 Å². The molecule has 3 rings (SSSR count). The topological polar surface area (TPSA) is 38.8 Å². The van der Waals surface area contributed by atoms with Gasteiger partial charge in [0.05, 0.1) is 13.2 Å². The van der Waals surface area contributed by atoms with Gasteiger partial charge in [0.2, 0.25) is 0 Å². The summed E-state index contributed by atoms with van der Waals surface area (Å²) in [6, 6.07) is 18.0. The Morgan fingerprint density at radius 1 is 1.09 bits per heavy atom. The van der Waals surface area contributed by atoms with Gasteiger partial charge in [-0.3, -0.25) is 4.90 Å². The molecule has 1 aliphatic heterocycles.